The fourth-order valence-electron chi connectivity index (χ4n) is 3.69. The van der Waals surface area contributed by atoms with Crippen molar-refractivity contribution in [2.24, 2.45) is 10.4 Å². The molecule has 1 heterocycles. The van der Waals surface area contributed by atoms with Crippen LogP contribution in [0.15, 0.2) is 22.5 Å². The summed E-state index contributed by atoms with van der Waals surface area (Å²) < 4.78 is 5.93. The molecule has 23 heavy (non-hydrogen) atoms. The van der Waals surface area contributed by atoms with Crippen molar-refractivity contribution in [3.8, 4) is 0 Å². The van der Waals surface area contributed by atoms with Crippen molar-refractivity contribution >= 4 is 41.3 Å². The zero-order valence-electron chi connectivity index (χ0n) is 14.0. The number of thiophene rings is 1. The summed E-state index contributed by atoms with van der Waals surface area (Å²) in [7, 11) is 0. The summed E-state index contributed by atoms with van der Waals surface area (Å²) in [6.45, 7) is 6.68. The van der Waals surface area contributed by atoms with Gasteiger partial charge in [0.25, 0.3) is 0 Å². The van der Waals surface area contributed by atoms with Crippen molar-refractivity contribution in [1.29, 1.82) is 0 Å². The molecule has 6 heteroatoms. The van der Waals surface area contributed by atoms with E-state index in [1.54, 1.807) is 11.3 Å². The number of nitrogens with zero attached hydrogens (tertiary/aromatic N) is 1. The number of hydrogen-bond acceptors (Lipinski definition) is 3. The van der Waals surface area contributed by atoms with Crippen molar-refractivity contribution in [1.82, 2.24) is 10.6 Å². The normalized spacial score (nSPS) is 25.2. The van der Waals surface area contributed by atoms with Gasteiger partial charge in [0.05, 0.1) is 12.6 Å². The Morgan fingerprint density at radius 3 is 2.83 bits per heavy atom. The van der Waals surface area contributed by atoms with Gasteiger partial charge in [0.1, 0.15) is 0 Å². The lowest BCUT2D eigenvalue weighted by Crippen LogP contribution is -2.68. The van der Waals surface area contributed by atoms with Crippen LogP contribution < -0.4 is 10.6 Å². The monoisotopic (exact) mass is 449 g/mol. The van der Waals surface area contributed by atoms with Gasteiger partial charge in [-0.15, -0.1) is 35.3 Å². The van der Waals surface area contributed by atoms with E-state index in [1.165, 1.54) is 24.1 Å². The Morgan fingerprint density at radius 1 is 1.43 bits per heavy atom. The highest BCUT2D eigenvalue weighted by Gasteiger charge is 2.59. The average molecular weight is 449 g/mol. The van der Waals surface area contributed by atoms with E-state index in [9.17, 15) is 0 Å². The van der Waals surface area contributed by atoms with Crippen LogP contribution in [-0.4, -0.2) is 31.3 Å². The maximum atomic E-state index is 5.93. The molecule has 0 bridgehead atoms. The highest BCUT2D eigenvalue weighted by atomic mass is 127. The molecule has 2 atom stereocenters. The van der Waals surface area contributed by atoms with Gasteiger partial charge in [0, 0.05) is 29.5 Å². The lowest BCUT2D eigenvalue weighted by molar-refractivity contribution is -0.168. The van der Waals surface area contributed by atoms with Crippen LogP contribution >= 0.6 is 35.3 Å². The van der Waals surface area contributed by atoms with Crippen molar-refractivity contribution < 1.29 is 4.74 Å². The van der Waals surface area contributed by atoms with Crippen molar-refractivity contribution in [3.63, 3.8) is 0 Å². The van der Waals surface area contributed by atoms with Crippen molar-refractivity contribution in [3.05, 3.63) is 22.4 Å². The van der Waals surface area contributed by atoms with Crippen LogP contribution in [0.3, 0.4) is 0 Å². The molecule has 1 aromatic rings. The molecule has 2 unspecified atom stereocenters. The molecule has 0 aromatic carbocycles. The first-order valence-electron chi connectivity index (χ1n) is 8.47. The Bertz CT molecular complexity index is 502. The highest BCUT2D eigenvalue weighted by molar-refractivity contribution is 14.0. The zero-order chi connectivity index (χ0) is 15.4. The van der Waals surface area contributed by atoms with E-state index < -0.39 is 0 Å². The summed E-state index contributed by atoms with van der Waals surface area (Å²) in [6, 6.07) is 4.73. The van der Waals surface area contributed by atoms with Gasteiger partial charge in [-0.3, -0.25) is 0 Å². The van der Waals surface area contributed by atoms with Crippen molar-refractivity contribution in [2.75, 3.05) is 13.2 Å². The molecule has 1 spiro atoms. The number of ether oxygens (including phenoxy) is 1. The first-order valence-corrected chi connectivity index (χ1v) is 9.35. The SMILES string of the molecule is CCNC(=NCc1cccs1)NC1CC(OCC)C12CCC2.I. The minimum Gasteiger partial charge on any atom is -0.378 e. The van der Waals surface area contributed by atoms with Gasteiger partial charge in [-0.2, -0.15) is 0 Å². The molecule has 0 radical (unpaired) electrons. The Hall–Kier alpha value is -0.340. The van der Waals surface area contributed by atoms with Crippen LogP contribution in [0.1, 0.15) is 44.4 Å². The minimum absolute atomic E-state index is 0. The molecular weight excluding hydrogens is 421 g/mol. The third-order valence-corrected chi connectivity index (χ3v) is 5.93. The van der Waals surface area contributed by atoms with Gasteiger partial charge < -0.3 is 15.4 Å². The molecule has 2 saturated carbocycles. The molecule has 0 saturated heterocycles. The van der Waals surface area contributed by atoms with Crippen LogP contribution in [0.4, 0.5) is 0 Å². The minimum atomic E-state index is 0. The predicted molar refractivity (Wildman–Crippen MR) is 108 cm³/mol. The van der Waals surface area contributed by atoms with Crippen LogP contribution in [0, 0.1) is 5.41 Å². The van der Waals surface area contributed by atoms with Gasteiger partial charge >= 0.3 is 0 Å². The van der Waals surface area contributed by atoms with E-state index in [0.29, 0.717) is 17.6 Å². The standard InChI is InChI=1S/C17H27N3OS.HI/c1-3-18-16(19-12-13-7-5-10-22-13)20-14-11-15(21-4-2)17(14)8-6-9-17;/h5,7,10,14-15H,3-4,6,8-9,11-12H2,1-2H3,(H2,18,19,20);1H. The van der Waals surface area contributed by atoms with Crippen LogP contribution in [0.2, 0.25) is 0 Å². The third-order valence-electron chi connectivity index (χ3n) is 5.07. The topological polar surface area (TPSA) is 45.7 Å². The Kier molecular flexibility index (Phi) is 7.16. The number of aliphatic imine (C=N–C) groups is 1. The van der Waals surface area contributed by atoms with E-state index in [0.717, 1.165) is 32.1 Å². The van der Waals surface area contributed by atoms with Crippen LogP contribution in [0.25, 0.3) is 0 Å². The molecule has 0 amide bonds. The molecule has 2 aliphatic rings. The molecule has 4 nitrogen and oxygen atoms in total. The number of halogens is 1. The van der Waals surface area contributed by atoms with Gasteiger partial charge in [-0.25, -0.2) is 4.99 Å². The number of guanidine groups is 1. The van der Waals surface area contributed by atoms with Crippen molar-refractivity contribution in [2.45, 2.75) is 58.2 Å². The number of nitrogens with one attached hydrogen (secondary N) is 2. The van der Waals surface area contributed by atoms with Gasteiger partial charge in [-0.05, 0) is 44.6 Å². The maximum Gasteiger partial charge on any atom is 0.191 e. The van der Waals surface area contributed by atoms with E-state index in [2.05, 4.69) is 42.0 Å². The summed E-state index contributed by atoms with van der Waals surface area (Å²) in [6.07, 6.45) is 5.48. The summed E-state index contributed by atoms with van der Waals surface area (Å²) in [4.78, 5) is 6.04. The van der Waals surface area contributed by atoms with Gasteiger partial charge in [-0.1, -0.05) is 12.5 Å². The largest absolute Gasteiger partial charge is 0.378 e. The second-order valence-electron chi connectivity index (χ2n) is 6.24. The molecule has 1 aromatic heterocycles. The van der Waals surface area contributed by atoms with E-state index in [-0.39, 0.29) is 24.0 Å². The van der Waals surface area contributed by atoms with E-state index in [4.69, 9.17) is 9.73 Å². The van der Waals surface area contributed by atoms with E-state index >= 15 is 0 Å². The number of rotatable bonds is 6. The smallest absolute Gasteiger partial charge is 0.191 e. The summed E-state index contributed by atoms with van der Waals surface area (Å²) in [5.74, 6) is 0.946. The lowest BCUT2D eigenvalue weighted by Gasteiger charge is -2.61. The number of hydrogen-bond donors (Lipinski definition) is 2. The molecular formula is C17H28IN3OS. The quantitative estimate of drug-likeness (QED) is 0.395. The molecule has 3 rings (SSSR count). The molecule has 2 fully saturated rings. The zero-order valence-corrected chi connectivity index (χ0v) is 17.2. The van der Waals surface area contributed by atoms with Gasteiger partial charge in [0.15, 0.2) is 5.96 Å². The Balaban J connectivity index is 0.00000192. The first-order chi connectivity index (χ1) is 10.8. The molecule has 2 aliphatic carbocycles. The summed E-state index contributed by atoms with van der Waals surface area (Å²) in [5.41, 5.74) is 0.370. The molecule has 2 N–H and O–H groups in total. The molecule has 130 valence electrons. The second kappa shape index (κ2) is 8.67. The fraction of sp³-hybridized carbons (Fsp3) is 0.706. The highest BCUT2D eigenvalue weighted by Crippen LogP contribution is 2.57. The Morgan fingerprint density at radius 2 is 2.26 bits per heavy atom. The summed E-state index contributed by atoms with van der Waals surface area (Å²) >= 11 is 1.76. The predicted octanol–water partition coefficient (Wildman–Crippen LogP) is 3.77. The third kappa shape index (κ3) is 4.02. The second-order valence-corrected chi connectivity index (χ2v) is 7.27. The van der Waals surface area contributed by atoms with Crippen LogP contribution in [-0.2, 0) is 11.3 Å². The lowest BCUT2D eigenvalue weighted by atomic mass is 9.51. The Labute approximate surface area is 160 Å². The summed E-state index contributed by atoms with van der Waals surface area (Å²) in [5, 5.41) is 9.15. The molecule has 0 aliphatic heterocycles. The average Bonchev–Trinajstić information content (AvgIpc) is 2.95. The first kappa shape index (κ1) is 19.0. The van der Waals surface area contributed by atoms with Crippen LogP contribution in [0.5, 0.6) is 0 Å². The van der Waals surface area contributed by atoms with Gasteiger partial charge in [0.2, 0.25) is 0 Å². The fourth-order valence-corrected chi connectivity index (χ4v) is 4.31. The maximum absolute atomic E-state index is 5.93. The van der Waals surface area contributed by atoms with E-state index in [1.807, 2.05) is 0 Å².